The SMILES string of the molecule is CC(C)NC1(CO)CCOC(C)C1. The summed E-state index contributed by atoms with van der Waals surface area (Å²) in [6.45, 7) is 7.24. The minimum absolute atomic E-state index is 0.105. The minimum Gasteiger partial charge on any atom is -0.394 e. The van der Waals surface area contributed by atoms with Crippen molar-refractivity contribution < 1.29 is 9.84 Å². The molecular formula is C10H21NO2. The second-order valence-electron chi connectivity index (χ2n) is 4.37. The van der Waals surface area contributed by atoms with E-state index in [-0.39, 0.29) is 18.2 Å². The molecule has 78 valence electrons. The summed E-state index contributed by atoms with van der Waals surface area (Å²) in [5.74, 6) is 0. The fourth-order valence-electron chi connectivity index (χ4n) is 2.10. The monoisotopic (exact) mass is 187 g/mol. The molecule has 0 aromatic carbocycles. The zero-order valence-electron chi connectivity index (χ0n) is 8.84. The summed E-state index contributed by atoms with van der Waals surface area (Å²) in [7, 11) is 0. The van der Waals surface area contributed by atoms with Gasteiger partial charge in [-0.15, -0.1) is 0 Å². The van der Waals surface area contributed by atoms with Gasteiger partial charge >= 0.3 is 0 Å². The van der Waals surface area contributed by atoms with Gasteiger partial charge in [0.15, 0.2) is 0 Å². The van der Waals surface area contributed by atoms with Gasteiger partial charge in [-0.1, -0.05) is 13.8 Å². The average molecular weight is 187 g/mol. The van der Waals surface area contributed by atoms with Crippen LogP contribution in [0.25, 0.3) is 0 Å². The highest BCUT2D eigenvalue weighted by atomic mass is 16.5. The quantitative estimate of drug-likeness (QED) is 0.690. The number of aliphatic hydroxyl groups is 1. The second-order valence-corrected chi connectivity index (χ2v) is 4.37. The van der Waals surface area contributed by atoms with E-state index >= 15 is 0 Å². The number of rotatable bonds is 3. The Bertz CT molecular complexity index is 157. The minimum atomic E-state index is -0.105. The van der Waals surface area contributed by atoms with E-state index in [0.29, 0.717) is 6.04 Å². The molecule has 0 aliphatic carbocycles. The fraction of sp³-hybridized carbons (Fsp3) is 1.00. The summed E-state index contributed by atoms with van der Waals surface area (Å²) < 4.78 is 5.47. The predicted octanol–water partition coefficient (Wildman–Crippen LogP) is 0.914. The van der Waals surface area contributed by atoms with E-state index in [9.17, 15) is 5.11 Å². The number of hydrogen-bond acceptors (Lipinski definition) is 3. The van der Waals surface area contributed by atoms with Crippen molar-refractivity contribution >= 4 is 0 Å². The van der Waals surface area contributed by atoms with E-state index in [2.05, 4.69) is 26.1 Å². The predicted molar refractivity (Wildman–Crippen MR) is 52.7 cm³/mol. The smallest absolute Gasteiger partial charge is 0.0615 e. The Balaban J connectivity index is 2.56. The maximum absolute atomic E-state index is 9.39. The molecule has 2 unspecified atom stereocenters. The van der Waals surface area contributed by atoms with Crippen LogP contribution in [0.5, 0.6) is 0 Å². The number of ether oxygens (including phenoxy) is 1. The molecular weight excluding hydrogens is 166 g/mol. The molecule has 1 saturated heterocycles. The van der Waals surface area contributed by atoms with Crippen LogP contribution in [-0.4, -0.2) is 36.0 Å². The van der Waals surface area contributed by atoms with E-state index in [1.807, 2.05) is 0 Å². The summed E-state index contributed by atoms with van der Waals surface area (Å²) in [5.41, 5.74) is -0.105. The molecule has 3 heteroatoms. The highest BCUT2D eigenvalue weighted by Gasteiger charge is 2.35. The zero-order chi connectivity index (χ0) is 9.90. The molecule has 0 amide bonds. The van der Waals surface area contributed by atoms with Gasteiger partial charge in [0.25, 0.3) is 0 Å². The van der Waals surface area contributed by atoms with E-state index in [0.717, 1.165) is 19.4 Å². The van der Waals surface area contributed by atoms with Crippen molar-refractivity contribution in [1.29, 1.82) is 0 Å². The van der Waals surface area contributed by atoms with Crippen LogP contribution in [0.1, 0.15) is 33.6 Å². The summed E-state index contributed by atoms with van der Waals surface area (Å²) >= 11 is 0. The molecule has 1 aliphatic rings. The third-order valence-electron chi connectivity index (χ3n) is 2.56. The number of hydrogen-bond donors (Lipinski definition) is 2. The molecule has 1 fully saturated rings. The van der Waals surface area contributed by atoms with Crippen molar-refractivity contribution in [2.45, 2.75) is 51.3 Å². The van der Waals surface area contributed by atoms with E-state index < -0.39 is 0 Å². The number of aliphatic hydroxyl groups excluding tert-OH is 1. The molecule has 0 spiro atoms. The van der Waals surface area contributed by atoms with Crippen LogP contribution in [0, 0.1) is 0 Å². The first-order valence-electron chi connectivity index (χ1n) is 5.08. The fourth-order valence-corrected chi connectivity index (χ4v) is 2.10. The molecule has 0 bridgehead atoms. The van der Waals surface area contributed by atoms with Crippen LogP contribution in [0.2, 0.25) is 0 Å². The first kappa shape index (κ1) is 11.0. The standard InChI is InChI=1S/C10H21NO2/c1-8(2)11-10(7-12)4-5-13-9(3)6-10/h8-9,11-12H,4-7H2,1-3H3. The van der Waals surface area contributed by atoms with Gasteiger partial charge in [-0.2, -0.15) is 0 Å². The van der Waals surface area contributed by atoms with Gasteiger partial charge < -0.3 is 15.2 Å². The Morgan fingerprint density at radius 2 is 2.31 bits per heavy atom. The van der Waals surface area contributed by atoms with Crippen LogP contribution in [0.4, 0.5) is 0 Å². The van der Waals surface area contributed by atoms with E-state index in [4.69, 9.17) is 4.74 Å². The topological polar surface area (TPSA) is 41.5 Å². The van der Waals surface area contributed by atoms with E-state index in [1.54, 1.807) is 0 Å². The second kappa shape index (κ2) is 4.40. The lowest BCUT2D eigenvalue weighted by molar-refractivity contribution is -0.0383. The highest BCUT2D eigenvalue weighted by molar-refractivity contribution is 4.92. The van der Waals surface area contributed by atoms with Gasteiger partial charge in [0, 0.05) is 18.2 Å². The van der Waals surface area contributed by atoms with Crippen LogP contribution >= 0.6 is 0 Å². The lowest BCUT2D eigenvalue weighted by Gasteiger charge is -2.40. The first-order valence-corrected chi connectivity index (χ1v) is 5.08. The highest BCUT2D eigenvalue weighted by Crippen LogP contribution is 2.24. The third kappa shape index (κ3) is 2.93. The molecule has 0 aromatic rings. The van der Waals surface area contributed by atoms with Crippen molar-refractivity contribution in [3.8, 4) is 0 Å². The Kier molecular flexibility index (Phi) is 3.71. The van der Waals surface area contributed by atoms with Crippen molar-refractivity contribution in [3.05, 3.63) is 0 Å². The Labute approximate surface area is 80.5 Å². The van der Waals surface area contributed by atoms with Gasteiger partial charge in [-0.05, 0) is 19.8 Å². The van der Waals surface area contributed by atoms with Gasteiger partial charge in [0.2, 0.25) is 0 Å². The van der Waals surface area contributed by atoms with Gasteiger partial charge in [-0.25, -0.2) is 0 Å². The van der Waals surface area contributed by atoms with Crippen LogP contribution in [0.15, 0.2) is 0 Å². The zero-order valence-corrected chi connectivity index (χ0v) is 8.84. The Morgan fingerprint density at radius 1 is 1.62 bits per heavy atom. The summed E-state index contributed by atoms with van der Waals surface area (Å²) in [6.07, 6.45) is 2.07. The van der Waals surface area contributed by atoms with Gasteiger partial charge in [0.05, 0.1) is 12.7 Å². The van der Waals surface area contributed by atoms with Crippen LogP contribution in [0.3, 0.4) is 0 Å². The number of nitrogens with one attached hydrogen (secondary N) is 1. The lowest BCUT2D eigenvalue weighted by atomic mass is 9.87. The first-order chi connectivity index (χ1) is 6.08. The molecule has 2 N–H and O–H groups in total. The largest absolute Gasteiger partial charge is 0.394 e. The maximum Gasteiger partial charge on any atom is 0.0615 e. The normalized spacial score (nSPS) is 35.3. The Morgan fingerprint density at radius 3 is 2.77 bits per heavy atom. The van der Waals surface area contributed by atoms with Crippen molar-refractivity contribution in [1.82, 2.24) is 5.32 Å². The molecule has 0 saturated carbocycles. The van der Waals surface area contributed by atoms with Crippen LogP contribution in [-0.2, 0) is 4.74 Å². The molecule has 1 rings (SSSR count). The van der Waals surface area contributed by atoms with Crippen molar-refractivity contribution in [2.24, 2.45) is 0 Å². The molecule has 1 heterocycles. The summed E-state index contributed by atoms with van der Waals surface area (Å²) in [5, 5.41) is 12.8. The average Bonchev–Trinajstić information content (AvgIpc) is 2.03. The van der Waals surface area contributed by atoms with Crippen molar-refractivity contribution in [3.63, 3.8) is 0 Å². The molecule has 1 aliphatic heterocycles. The molecule has 0 aromatic heterocycles. The van der Waals surface area contributed by atoms with Crippen molar-refractivity contribution in [2.75, 3.05) is 13.2 Å². The maximum atomic E-state index is 9.39. The molecule has 13 heavy (non-hydrogen) atoms. The lowest BCUT2D eigenvalue weighted by Crippen LogP contribution is -2.56. The van der Waals surface area contributed by atoms with Crippen LogP contribution < -0.4 is 5.32 Å². The molecule has 0 radical (unpaired) electrons. The Hall–Kier alpha value is -0.120. The van der Waals surface area contributed by atoms with Gasteiger partial charge in [-0.3, -0.25) is 0 Å². The molecule has 2 atom stereocenters. The summed E-state index contributed by atoms with van der Waals surface area (Å²) in [4.78, 5) is 0. The third-order valence-corrected chi connectivity index (χ3v) is 2.56. The van der Waals surface area contributed by atoms with E-state index in [1.165, 1.54) is 0 Å². The molecule has 3 nitrogen and oxygen atoms in total. The summed E-state index contributed by atoms with van der Waals surface area (Å²) in [6, 6.07) is 0.414. The van der Waals surface area contributed by atoms with Gasteiger partial charge in [0.1, 0.15) is 0 Å².